The second-order valence-electron chi connectivity index (χ2n) is 4.30. The lowest BCUT2D eigenvalue weighted by Crippen LogP contribution is -2.07. The second kappa shape index (κ2) is 3.53. The highest BCUT2D eigenvalue weighted by Gasteiger charge is 2.17. The van der Waals surface area contributed by atoms with E-state index < -0.39 is 0 Å². The minimum Gasteiger partial charge on any atom is -0.0836 e. The summed E-state index contributed by atoms with van der Waals surface area (Å²) in [6, 6.07) is 0. The van der Waals surface area contributed by atoms with E-state index in [1.165, 1.54) is 25.7 Å². The summed E-state index contributed by atoms with van der Waals surface area (Å²) in [4.78, 5) is 0. The van der Waals surface area contributed by atoms with Crippen LogP contribution in [0.1, 0.15) is 39.5 Å². The molecule has 0 saturated carbocycles. The number of hydrogen-bond acceptors (Lipinski definition) is 0. The van der Waals surface area contributed by atoms with Crippen molar-refractivity contribution < 1.29 is 0 Å². The second-order valence-corrected chi connectivity index (χ2v) is 4.30. The molecule has 0 atom stereocenters. The number of hydrogen-bond donors (Lipinski definition) is 0. The van der Waals surface area contributed by atoms with Crippen molar-refractivity contribution in [2.75, 3.05) is 0 Å². The third kappa shape index (κ3) is 1.63. The first-order valence-corrected chi connectivity index (χ1v) is 5.38. The molecule has 0 fully saturated rings. The fourth-order valence-corrected chi connectivity index (χ4v) is 2.34. The molecule has 0 nitrogen and oxygen atoms in total. The molecule has 0 aromatic carbocycles. The van der Waals surface area contributed by atoms with Crippen LogP contribution in [-0.4, -0.2) is 0 Å². The quantitative estimate of drug-likeness (QED) is 0.563. The highest BCUT2D eigenvalue weighted by atomic mass is 14.2. The van der Waals surface area contributed by atoms with Gasteiger partial charge >= 0.3 is 0 Å². The van der Waals surface area contributed by atoms with Crippen LogP contribution >= 0.6 is 0 Å². The van der Waals surface area contributed by atoms with Gasteiger partial charge < -0.3 is 0 Å². The van der Waals surface area contributed by atoms with Gasteiger partial charge in [-0.25, -0.2) is 0 Å². The predicted molar refractivity (Wildman–Crippen MR) is 57.6 cm³/mol. The van der Waals surface area contributed by atoms with E-state index in [0.29, 0.717) is 0 Å². The summed E-state index contributed by atoms with van der Waals surface area (Å²) in [6.07, 6.45) is 12.1. The van der Waals surface area contributed by atoms with Gasteiger partial charge in [0.1, 0.15) is 0 Å². The van der Waals surface area contributed by atoms with Crippen LogP contribution in [0.25, 0.3) is 0 Å². The van der Waals surface area contributed by atoms with Gasteiger partial charge in [0.15, 0.2) is 0 Å². The summed E-state index contributed by atoms with van der Waals surface area (Å²) >= 11 is 0. The van der Waals surface area contributed by atoms with Gasteiger partial charge in [0.25, 0.3) is 0 Å². The summed E-state index contributed by atoms with van der Waals surface area (Å²) in [5.41, 5.74) is 4.85. The van der Waals surface area contributed by atoms with Crippen molar-refractivity contribution in [3.8, 4) is 0 Å². The Bertz CT molecular complexity index is 287. The van der Waals surface area contributed by atoms with Crippen LogP contribution in [0.3, 0.4) is 0 Å². The molecule has 0 spiro atoms. The summed E-state index contributed by atoms with van der Waals surface area (Å²) in [7, 11) is 0. The Hall–Kier alpha value is -0.780. The molecule has 0 aromatic heterocycles. The summed E-state index contributed by atoms with van der Waals surface area (Å²) in [5.74, 6) is 0.724. The van der Waals surface area contributed by atoms with Crippen molar-refractivity contribution in [3.05, 3.63) is 34.9 Å². The van der Waals surface area contributed by atoms with Crippen LogP contribution < -0.4 is 0 Å². The van der Waals surface area contributed by atoms with E-state index in [1.807, 2.05) is 0 Å². The van der Waals surface area contributed by atoms with Gasteiger partial charge in [-0.2, -0.15) is 0 Å². The van der Waals surface area contributed by atoms with Crippen LogP contribution in [0.15, 0.2) is 34.9 Å². The molecule has 2 aliphatic rings. The molecule has 0 aromatic rings. The number of allylic oxidation sites excluding steroid dienone is 6. The summed E-state index contributed by atoms with van der Waals surface area (Å²) < 4.78 is 0. The Balaban J connectivity index is 2.41. The molecule has 0 heteroatoms. The maximum atomic E-state index is 2.44. The Kier molecular flexibility index (Phi) is 2.39. The minimum absolute atomic E-state index is 0.724. The van der Waals surface area contributed by atoms with E-state index >= 15 is 0 Å². The van der Waals surface area contributed by atoms with Crippen LogP contribution in [0.5, 0.6) is 0 Å². The average Bonchev–Trinajstić information content (AvgIpc) is 2.17. The van der Waals surface area contributed by atoms with Crippen molar-refractivity contribution in [3.63, 3.8) is 0 Å². The molecule has 0 unspecified atom stereocenters. The Labute approximate surface area is 81.0 Å². The van der Waals surface area contributed by atoms with Gasteiger partial charge in [0.05, 0.1) is 0 Å². The molecule has 0 N–H and O–H groups in total. The van der Waals surface area contributed by atoms with E-state index in [9.17, 15) is 0 Å². The molecule has 0 saturated heterocycles. The van der Waals surface area contributed by atoms with E-state index in [1.54, 1.807) is 16.7 Å². The van der Waals surface area contributed by atoms with E-state index in [0.717, 1.165) is 5.92 Å². The van der Waals surface area contributed by atoms with E-state index in [4.69, 9.17) is 0 Å². The highest BCUT2D eigenvalue weighted by molar-refractivity contribution is 5.48. The number of fused-ring (bicyclic) bond motifs is 1. The first-order chi connectivity index (χ1) is 6.29. The fraction of sp³-hybridized carbons (Fsp3) is 0.538. The van der Waals surface area contributed by atoms with Crippen molar-refractivity contribution in [2.45, 2.75) is 39.5 Å². The van der Waals surface area contributed by atoms with Crippen molar-refractivity contribution in [1.82, 2.24) is 0 Å². The molecule has 0 bridgehead atoms. The van der Waals surface area contributed by atoms with Gasteiger partial charge in [-0.3, -0.25) is 0 Å². The Morgan fingerprint density at radius 2 is 2.00 bits per heavy atom. The molecular formula is C13H18. The predicted octanol–water partition coefficient (Wildman–Crippen LogP) is 4.01. The van der Waals surface area contributed by atoms with Crippen molar-refractivity contribution >= 4 is 0 Å². The normalized spacial score (nSPS) is 21.9. The van der Waals surface area contributed by atoms with E-state index in [-0.39, 0.29) is 0 Å². The zero-order valence-corrected chi connectivity index (χ0v) is 8.64. The average molecular weight is 174 g/mol. The Morgan fingerprint density at radius 1 is 1.15 bits per heavy atom. The number of rotatable bonds is 1. The lowest BCUT2D eigenvalue weighted by Gasteiger charge is -2.24. The standard InChI is InChI=1S/C13H18/c1-10(2)12-9-5-7-11-6-3-4-8-13(11)12/h4,7-8,10H,3,5-6,9H2,1-2H3. The molecule has 0 radical (unpaired) electrons. The van der Waals surface area contributed by atoms with Crippen molar-refractivity contribution in [2.24, 2.45) is 5.92 Å². The molecule has 13 heavy (non-hydrogen) atoms. The van der Waals surface area contributed by atoms with Crippen LogP contribution in [0, 0.1) is 5.92 Å². The topological polar surface area (TPSA) is 0 Å². The first-order valence-electron chi connectivity index (χ1n) is 5.38. The zero-order valence-electron chi connectivity index (χ0n) is 8.64. The van der Waals surface area contributed by atoms with Crippen LogP contribution in [0.4, 0.5) is 0 Å². The van der Waals surface area contributed by atoms with Gasteiger partial charge in [-0.1, -0.05) is 37.6 Å². The SMILES string of the molecule is CC(C)C1=C2C=CCCC2=CCC1. The molecule has 70 valence electrons. The third-order valence-electron chi connectivity index (χ3n) is 3.06. The monoisotopic (exact) mass is 174 g/mol. The van der Waals surface area contributed by atoms with Crippen molar-refractivity contribution in [1.29, 1.82) is 0 Å². The van der Waals surface area contributed by atoms with Gasteiger partial charge in [-0.05, 0) is 42.7 Å². The van der Waals surface area contributed by atoms with Gasteiger partial charge in [0, 0.05) is 0 Å². The fourth-order valence-electron chi connectivity index (χ4n) is 2.34. The Morgan fingerprint density at radius 3 is 2.77 bits per heavy atom. The summed E-state index contributed by atoms with van der Waals surface area (Å²) in [5, 5.41) is 0. The minimum atomic E-state index is 0.724. The molecule has 2 aliphatic carbocycles. The molecule has 2 rings (SSSR count). The molecular weight excluding hydrogens is 156 g/mol. The molecule has 0 amide bonds. The smallest absolute Gasteiger partial charge is 0.0236 e. The maximum Gasteiger partial charge on any atom is -0.0236 e. The van der Waals surface area contributed by atoms with Gasteiger partial charge in [-0.15, -0.1) is 0 Å². The lowest BCUT2D eigenvalue weighted by atomic mass is 9.81. The third-order valence-corrected chi connectivity index (χ3v) is 3.06. The largest absolute Gasteiger partial charge is 0.0836 e. The zero-order chi connectivity index (χ0) is 9.26. The first kappa shape index (κ1) is 8.80. The van der Waals surface area contributed by atoms with Crippen LogP contribution in [-0.2, 0) is 0 Å². The molecule has 0 heterocycles. The summed E-state index contributed by atoms with van der Waals surface area (Å²) in [6.45, 7) is 4.63. The van der Waals surface area contributed by atoms with E-state index in [2.05, 4.69) is 32.1 Å². The molecule has 0 aliphatic heterocycles. The highest BCUT2D eigenvalue weighted by Crippen LogP contribution is 2.35. The van der Waals surface area contributed by atoms with Crippen LogP contribution in [0.2, 0.25) is 0 Å². The van der Waals surface area contributed by atoms with Gasteiger partial charge in [0.2, 0.25) is 0 Å². The maximum absolute atomic E-state index is 2.44. The lowest BCUT2D eigenvalue weighted by molar-refractivity contribution is 0.690.